The molecule has 1 atom stereocenters. The number of nitrogens with zero attached hydrogens (tertiary/aromatic N) is 1. The summed E-state index contributed by atoms with van der Waals surface area (Å²) >= 11 is 0. The minimum atomic E-state index is -0.0958. The fourth-order valence-electron chi connectivity index (χ4n) is 2.56. The molecule has 1 amide bonds. The largest absolute Gasteiger partial charge is 0.489 e. The first-order valence-electron chi connectivity index (χ1n) is 9.01. The highest BCUT2D eigenvalue weighted by Crippen LogP contribution is 2.17. The van der Waals surface area contributed by atoms with Crippen molar-refractivity contribution < 1.29 is 9.53 Å². The van der Waals surface area contributed by atoms with E-state index in [0.29, 0.717) is 24.6 Å². The summed E-state index contributed by atoms with van der Waals surface area (Å²) in [4.78, 5) is 16.0. The molecule has 0 aliphatic carbocycles. The number of ether oxygens (including phenoxy) is 1. The number of para-hydroxylation sites is 1. The molecule has 28 heavy (non-hydrogen) atoms. The van der Waals surface area contributed by atoms with Crippen molar-refractivity contribution in [2.24, 2.45) is 4.99 Å². The van der Waals surface area contributed by atoms with Gasteiger partial charge in [-0.25, -0.2) is 0 Å². The maximum atomic E-state index is 11.7. The van der Waals surface area contributed by atoms with E-state index in [2.05, 4.69) is 20.9 Å². The summed E-state index contributed by atoms with van der Waals surface area (Å²) in [6, 6.07) is 15.5. The molecule has 0 saturated heterocycles. The zero-order valence-corrected chi connectivity index (χ0v) is 19.1. The van der Waals surface area contributed by atoms with Crippen LogP contribution >= 0.6 is 24.0 Å². The Morgan fingerprint density at radius 2 is 1.89 bits per heavy atom. The van der Waals surface area contributed by atoms with Crippen LogP contribution in [0, 0.1) is 6.92 Å². The molecule has 2 rings (SSSR count). The van der Waals surface area contributed by atoms with Gasteiger partial charge in [-0.15, -0.1) is 24.0 Å². The fraction of sp³-hybridized carbons (Fsp3) is 0.333. The van der Waals surface area contributed by atoms with E-state index in [4.69, 9.17) is 4.74 Å². The summed E-state index contributed by atoms with van der Waals surface area (Å²) in [5, 5.41) is 9.15. The Balaban J connectivity index is 0.00000392. The van der Waals surface area contributed by atoms with Gasteiger partial charge in [0.1, 0.15) is 11.9 Å². The SMILES string of the molecule is CN=C(NCc1cccc(C(=O)NC)c1)NCC(C)Oc1ccccc1C.I. The van der Waals surface area contributed by atoms with Crippen LogP contribution in [0.15, 0.2) is 53.5 Å². The summed E-state index contributed by atoms with van der Waals surface area (Å²) in [7, 11) is 3.35. The summed E-state index contributed by atoms with van der Waals surface area (Å²) < 4.78 is 5.97. The molecule has 0 spiro atoms. The van der Waals surface area contributed by atoms with Gasteiger partial charge in [0.25, 0.3) is 5.91 Å². The first-order valence-corrected chi connectivity index (χ1v) is 9.01. The standard InChI is InChI=1S/C21H28N4O2.HI/c1-15-8-5-6-11-19(15)27-16(2)13-24-21(23-4)25-14-17-9-7-10-18(12-17)20(26)22-3;/h5-12,16H,13-14H2,1-4H3,(H,22,26)(H2,23,24,25);1H. The molecule has 1 unspecified atom stereocenters. The monoisotopic (exact) mass is 496 g/mol. The zero-order valence-electron chi connectivity index (χ0n) is 16.8. The second-order valence-corrected chi connectivity index (χ2v) is 6.28. The number of guanidine groups is 1. The third kappa shape index (κ3) is 7.38. The number of amides is 1. The van der Waals surface area contributed by atoms with Crippen molar-refractivity contribution >= 4 is 35.8 Å². The number of carbonyl (C=O) groups excluding carboxylic acids is 1. The first-order chi connectivity index (χ1) is 13.0. The number of rotatable bonds is 7. The minimum Gasteiger partial charge on any atom is -0.489 e. The van der Waals surface area contributed by atoms with Crippen LogP contribution in [-0.4, -0.2) is 38.6 Å². The lowest BCUT2D eigenvalue weighted by Gasteiger charge is -2.19. The molecule has 0 aromatic heterocycles. The average Bonchev–Trinajstić information content (AvgIpc) is 2.69. The van der Waals surface area contributed by atoms with E-state index in [-0.39, 0.29) is 36.0 Å². The van der Waals surface area contributed by atoms with Crippen LogP contribution in [-0.2, 0) is 6.54 Å². The lowest BCUT2D eigenvalue weighted by molar-refractivity contribution is 0.0963. The molecule has 3 N–H and O–H groups in total. The van der Waals surface area contributed by atoms with Crippen molar-refractivity contribution in [2.75, 3.05) is 20.6 Å². The van der Waals surface area contributed by atoms with Crippen molar-refractivity contribution in [3.05, 3.63) is 65.2 Å². The van der Waals surface area contributed by atoms with Crippen molar-refractivity contribution in [3.63, 3.8) is 0 Å². The quantitative estimate of drug-likeness (QED) is 0.313. The van der Waals surface area contributed by atoms with Gasteiger partial charge in [0.2, 0.25) is 0 Å². The van der Waals surface area contributed by atoms with Crippen LogP contribution in [0.1, 0.15) is 28.4 Å². The maximum Gasteiger partial charge on any atom is 0.251 e. The first kappa shape index (κ1) is 23.7. The van der Waals surface area contributed by atoms with Gasteiger partial charge in [0.05, 0.1) is 6.54 Å². The van der Waals surface area contributed by atoms with E-state index >= 15 is 0 Å². The van der Waals surface area contributed by atoms with Crippen molar-refractivity contribution in [1.29, 1.82) is 0 Å². The molecule has 0 aliphatic rings. The Morgan fingerprint density at radius 3 is 2.57 bits per heavy atom. The van der Waals surface area contributed by atoms with E-state index in [1.807, 2.05) is 56.3 Å². The fourth-order valence-corrected chi connectivity index (χ4v) is 2.56. The van der Waals surface area contributed by atoms with Gasteiger partial charge >= 0.3 is 0 Å². The Morgan fingerprint density at radius 1 is 1.14 bits per heavy atom. The molecule has 0 bridgehead atoms. The maximum absolute atomic E-state index is 11.7. The van der Waals surface area contributed by atoms with Crippen LogP contribution in [0.25, 0.3) is 0 Å². The van der Waals surface area contributed by atoms with Crippen LogP contribution < -0.4 is 20.7 Å². The van der Waals surface area contributed by atoms with Gasteiger partial charge in [-0.3, -0.25) is 9.79 Å². The smallest absolute Gasteiger partial charge is 0.251 e. The Hall–Kier alpha value is -2.29. The molecule has 7 heteroatoms. The summed E-state index contributed by atoms with van der Waals surface area (Å²) in [5.74, 6) is 1.47. The number of carbonyl (C=O) groups is 1. The number of benzene rings is 2. The van der Waals surface area contributed by atoms with Crippen LogP contribution in [0.2, 0.25) is 0 Å². The van der Waals surface area contributed by atoms with Gasteiger partial charge in [-0.1, -0.05) is 30.3 Å². The third-order valence-corrected chi connectivity index (χ3v) is 4.08. The molecule has 2 aromatic carbocycles. The number of hydrogen-bond donors (Lipinski definition) is 3. The summed E-state index contributed by atoms with van der Waals surface area (Å²) in [5.41, 5.74) is 2.76. The summed E-state index contributed by atoms with van der Waals surface area (Å²) in [6.45, 7) is 5.23. The lowest BCUT2D eigenvalue weighted by Crippen LogP contribution is -2.41. The predicted octanol–water partition coefficient (Wildman–Crippen LogP) is 3.11. The third-order valence-electron chi connectivity index (χ3n) is 4.08. The van der Waals surface area contributed by atoms with E-state index in [1.54, 1.807) is 20.2 Å². The highest BCUT2D eigenvalue weighted by atomic mass is 127. The topological polar surface area (TPSA) is 74.8 Å². The normalized spacial score (nSPS) is 11.8. The van der Waals surface area contributed by atoms with Crippen LogP contribution in [0.4, 0.5) is 0 Å². The molecule has 2 aromatic rings. The highest BCUT2D eigenvalue weighted by Gasteiger charge is 2.08. The van der Waals surface area contributed by atoms with Gasteiger partial charge in [-0.05, 0) is 43.2 Å². The van der Waals surface area contributed by atoms with Gasteiger partial charge in [0, 0.05) is 26.2 Å². The predicted molar refractivity (Wildman–Crippen MR) is 125 cm³/mol. The zero-order chi connectivity index (χ0) is 19.6. The molecule has 0 saturated carbocycles. The Bertz CT molecular complexity index is 795. The van der Waals surface area contributed by atoms with Crippen LogP contribution in [0.3, 0.4) is 0 Å². The number of aryl methyl sites for hydroxylation is 1. The number of aliphatic imine (C=N–C) groups is 1. The van der Waals surface area contributed by atoms with Gasteiger partial charge < -0.3 is 20.7 Å². The minimum absolute atomic E-state index is 0. The van der Waals surface area contributed by atoms with Crippen molar-refractivity contribution in [1.82, 2.24) is 16.0 Å². The van der Waals surface area contributed by atoms with Gasteiger partial charge in [0.15, 0.2) is 5.96 Å². The Kier molecular flexibility index (Phi) is 10.4. The Labute approximate surface area is 184 Å². The number of hydrogen-bond acceptors (Lipinski definition) is 3. The number of nitrogens with one attached hydrogen (secondary N) is 3. The van der Waals surface area contributed by atoms with Crippen molar-refractivity contribution in [2.45, 2.75) is 26.5 Å². The molecule has 0 radical (unpaired) electrons. The molecule has 0 fully saturated rings. The average molecular weight is 496 g/mol. The number of halogens is 1. The lowest BCUT2D eigenvalue weighted by atomic mass is 10.1. The molecular formula is C21H29IN4O2. The van der Waals surface area contributed by atoms with Crippen molar-refractivity contribution in [3.8, 4) is 5.75 Å². The second-order valence-electron chi connectivity index (χ2n) is 6.28. The molecule has 152 valence electrons. The molecule has 6 nitrogen and oxygen atoms in total. The van der Waals surface area contributed by atoms with E-state index in [0.717, 1.165) is 16.9 Å². The molecular weight excluding hydrogens is 467 g/mol. The second kappa shape index (κ2) is 12.2. The van der Waals surface area contributed by atoms with Crippen LogP contribution in [0.5, 0.6) is 5.75 Å². The molecule has 0 aliphatic heterocycles. The van der Waals surface area contributed by atoms with Gasteiger partial charge in [-0.2, -0.15) is 0 Å². The molecule has 0 heterocycles. The van der Waals surface area contributed by atoms with E-state index in [1.165, 1.54) is 0 Å². The highest BCUT2D eigenvalue weighted by molar-refractivity contribution is 14.0. The summed E-state index contributed by atoms with van der Waals surface area (Å²) in [6.07, 6.45) is -0.0128. The van der Waals surface area contributed by atoms with E-state index in [9.17, 15) is 4.79 Å². The van der Waals surface area contributed by atoms with E-state index < -0.39 is 0 Å².